The average Bonchev–Trinajstić information content (AvgIpc) is 3.30. The Balaban J connectivity index is 4.01. The Kier molecular flexibility index (Phi) is 50.1. The van der Waals surface area contributed by atoms with Crippen molar-refractivity contribution in [2.75, 3.05) is 40.9 Å². The number of nitrogens with zero attached hydrogens (tertiary/aromatic N) is 1. The number of aliphatic hydroxyl groups is 1. The summed E-state index contributed by atoms with van der Waals surface area (Å²) in [7, 11) is 1.58. The lowest BCUT2D eigenvalue weighted by Gasteiger charge is -2.25. The maximum atomic E-state index is 13.0. The maximum Gasteiger partial charge on any atom is 0.472 e. The van der Waals surface area contributed by atoms with Crippen molar-refractivity contribution in [3.63, 3.8) is 0 Å². The molecule has 0 rings (SSSR count). The van der Waals surface area contributed by atoms with Gasteiger partial charge in [-0.3, -0.25) is 13.8 Å². The summed E-state index contributed by atoms with van der Waals surface area (Å²) in [6.45, 7) is 4.85. The largest absolute Gasteiger partial charge is 0.472 e. The number of hydrogen-bond acceptors (Lipinski definition) is 5. The van der Waals surface area contributed by atoms with Gasteiger partial charge in [-0.1, -0.05) is 269 Å². The molecule has 0 saturated heterocycles. The van der Waals surface area contributed by atoms with Crippen LogP contribution in [0.4, 0.5) is 0 Å². The topological polar surface area (TPSA) is 105 Å². The highest BCUT2D eigenvalue weighted by Gasteiger charge is 2.27. The number of nitrogens with one attached hydrogen (secondary N) is 1. The first kappa shape index (κ1) is 67.0. The first-order chi connectivity index (χ1) is 33.0. The zero-order valence-electron chi connectivity index (χ0n) is 46.1. The highest BCUT2D eigenvalue weighted by atomic mass is 31.2. The molecule has 0 aliphatic carbocycles. The monoisotopic (exact) mass is 982 g/mol. The predicted octanol–water partition coefficient (Wildman–Crippen LogP) is 18.0. The van der Waals surface area contributed by atoms with E-state index >= 15 is 0 Å². The number of phosphoric ester groups is 1. The van der Waals surface area contributed by atoms with E-state index in [1.165, 1.54) is 238 Å². The zero-order chi connectivity index (χ0) is 49.9. The van der Waals surface area contributed by atoms with Gasteiger partial charge in [-0.15, -0.1) is 0 Å². The molecule has 404 valence electrons. The summed E-state index contributed by atoms with van der Waals surface area (Å²) in [6, 6.07) is -0.843. The molecule has 1 amide bonds. The van der Waals surface area contributed by atoms with E-state index in [0.29, 0.717) is 17.4 Å². The van der Waals surface area contributed by atoms with Crippen molar-refractivity contribution in [2.45, 2.75) is 309 Å². The Hall–Kier alpha value is -1.02. The molecule has 0 aromatic rings. The van der Waals surface area contributed by atoms with E-state index in [9.17, 15) is 19.4 Å². The molecule has 8 nitrogen and oxygen atoms in total. The lowest BCUT2D eigenvalue weighted by atomic mass is 10.0. The Morgan fingerprint density at radius 3 is 1.13 bits per heavy atom. The van der Waals surface area contributed by atoms with Crippen molar-refractivity contribution in [3.8, 4) is 0 Å². The number of aliphatic hydroxyl groups excluding tert-OH is 1. The summed E-state index contributed by atoms with van der Waals surface area (Å²) in [5.74, 6) is -0.172. The van der Waals surface area contributed by atoms with Gasteiger partial charge in [-0.05, 0) is 44.9 Å². The normalized spacial score (nSPS) is 14.0. The van der Waals surface area contributed by atoms with Crippen LogP contribution in [-0.2, 0) is 18.4 Å². The summed E-state index contributed by atoms with van der Waals surface area (Å²) >= 11 is 0. The van der Waals surface area contributed by atoms with Crippen LogP contribution < -0.4 is 5.32 Å². The lowest BCUT2D eigenvalue weighted by Crippen LogP contribution is -2.45. The van der Waals surface area contributed by atoms with Crippen LogP contribution in [-0.4, -0.2) is 73.4 Å². The van der Waals surface area contributed by atoms with E-state index in [1.807, 2.05) is 27.2 Å². The van der Waals surface area contributed by atoms with Crippen LogP contribution in [0.15, 0.2) is 24.3 Å². The van der Waals surface area contributed by atoms with Gasteiger partial charge in [-0.25, -0.2) is 4.57 Å². The van der Waals surface area contributed by atoms with Gasteiger partial charge in [0.2, 0.25) is 5.91 Å². The van der Waals surface area contributed by atoms with Gasteiger partial charge in [0.25, 0.3) is 0 Å². The van der Waals surface area contributed by atoms with Crippen molar-refractivity contribution in [1.82, 2.24) is 5.32 Å². The fourth-order valence-corrected chi connectivity index (χ4v) is 9.72. The van der Waals surface area contributed by atoms with Gasteiger partial charge in [0.1, 0.15) is 13.2 Å². The standard InChI is InChI=1S/C59H117N2O6P/c1-6-8-10-12-14-16-18-20-22-23-24-25-26-27-28-29-30-31-32-33-34-35-36-37-38-39-41-43-45-47-49-51-53-59(63)60-57(56-67-68(64,65)66-55-54-61(3,4)5)58(62)52-50-48-46-44-42-40-21-19-17-15-13-11-9-7-2/h27-28,50,52,57-58,62H,6-26,29-49,51,53-56H2,1-5H3,(H-,60,63,64,65)/p+1/b28-27-,52-50+. The molecule has 0 fully saturated rings. The van der Waals surface area contributed by atoms with Crippen molar-refractivity contribution in [3.05, 3.63) is 24.3 Å². The highest BCUT2D eigenvalue weighted by Crippen LogP contribution is 2.43. The third kappa shape index (κ3) is 52.8. The van der Waals surface area contributed by atoms with Crippen LogP contribution in [0.3, 0.4) is 0 Å². The number of carbonyl (C=O) groups excluding carboxylic acids is 1. The Bertz CT molecular complexity index is 1160. The third-order valence-electron chi connectivity index (χ3n) is 13.7. The summed E-state index contributed by atoms with van der Waals surface area (Å²) in [4.78, 5) is 23.3. The van der Waals surface area contributed by atoms with Crippen LogP contribution in [0.25, 0.3) is 0 Å². The minimum atomic E-state index is -4.34. The molecule has 0 aliphatic heterocycles. The van der Waals surface area contributed by atoms with Gasteiger partial charge in [0.05, 0.1) is 39.9 Å². The minimum Gasteiger partial charge on any atom is -0.387 e. The molecule has 9 heteroatoms. The molecule has 3 N–H and O–H groups in total. The third-order valence-corrected chi connectivity index (χ3v) is 14.6. The number of hydrogen-bond donors (Lipinski definition) is 3. The van der Waals surface area contributed by atoms with Crippen LogP contribution in [0.5, 0.6) is 0 Å². The van der Waals surface area contributed by atoms with Crippen LogP contribution >= 0.6 is 7.82 Å². The van der Waals surface area contributed by atoms with E-state index in [4.69, 9.17) is 9.05 Å². The second-order valence-corrected chi connectivity index (χ2v) is 23.2. The number of quaternary nitrogens is 1. The summed E-state index contributed by atoms with van der Waals surface area (Å²) in [6.07, 6.45) is 64.4. The van der Waals surface area contributed by atoms with Crippen molar-refractivity contribution >= 4 is 13.7 Å². The molecule has 0 heterocycles. The number of amides is 1. The minimum absolute atomic E-state index is 0.0637. The average molecular weight is 983 g/mol. The van der Waals surface area contributed by atoms with Crippen LogP contribution in [0.2, 0.25) is 0 Å². The molecule has 0 bridgehead atoms. The van der Waals surface area contributed by atoms with Gasteiger partial charge in [0.15, 0.2) is 0 Å². The molecular weight excluding hydrogens is 864 g/mol. The van der Waals surface area contributed by atoms with Crippen molar-refractivity contribution < 1.29 is 32.9 Å². The van der Waals surface area contributed by atoms with Gasteiger partial charge < -0.3 is 19.8 Å². The Morgan fingerprint density at radius 2 is 0.794 bits per heavy atom. The number of carbonyl (C=O) groups is 1. The predicted molar refractivity (Wildman–Crippen MR) is 295 cm³/mol. The molecule has 0 saturated carbocycles. The second kappa shape index (κ2) is 50.9. The molecule has 3 unspecified atom stereocenters. The summed E-state index contributed by atoms with van der Waals surface area (Å²) in [5, 5.41) is 13.9. The molecular formula is C59H118N2O6P+. The van der Waals surface area contributed by atoms with E-state index in [1.54, 1.807) is 6.08 Å². The molecule has 0 aromatic carbocycles. The Labute approximate surface area is 424 Å². The van der Waals surface area contributed by atoms with Gasteiger partial charge in [-0.2, -0.15) is 0 Å². The van der Waals surface area contributed by atoms with Crippen LogP contribution in [0, 0.1) is 0 Å². The lowest BCUT2D eigenvalue weighted by molar-refractivity contribution is -0.870. The van der Waals surface area contributed by atoms with Gasteiger partial charge >= 0.3 is 7.82 Å². The van der Waals surface area contributed by atoms with Crippen LogP contribution in [0.1, 0.15) is 296 Å². The molecule has 68 heavy (non-hydrogen) atoms. The highest BCUT2D eigenvalue weighted by molar-refractivity contribution is 7.47. The first-order valence-corrected chi connectivity index (χ1v) is 31.2. The number of phosphoric acid groups is 1. The molecule has 0 aliphatic rings. The van der Waals surface area contributed by atoms with Gasteiger partial charge in [0, 0.05) is 6.42 Å². The summed E-state index contributed by atoms with van der Waals surface area (Å²) in [5.41, 5.74) is 0. The number of likely N-dealkylation sites (N-methyl/N-ethyl adjacent to an activating group) is 1. The smallest absolute Gasteiger partial charge is 0.387 e. The number of rotatable bonds is 55. The van der Waals surface area contributed by atoms with Crippen molar-refractivity contribution in [1.29, 1.82) is 0 Å². The van der Waals surface area contributed by atoms with E-state index < -0.39 is 20.0 Å². The maximum absolute atomic E-state index is 13.0. The fourth-order valence-electron chi connectivity index (χ4n) is 8.98. The van der Waals surface area contributed by atoms with E-state index in [0.717, 1.165) is 38.5 Å². The van der Waals surface area contributed by atoms with E-state index in [-0.39, 0.29) is 19.1 Å². The fraction of sp³-hybridized carbons (Fsp3) is 0.915. The first-order valence-electron chi connectivity index (χ1n) is 29.7. The number of unbranched alkanes of at least 4 members (excludes halogenated alkanes) is 40. The zero-order valence-corrected chi connectivity index (χ0v) is 47.0. The molecule has 3 atom stereocenters. The number of allylic oxidation sites excluding steroid dienone is 3. The Morgan fingerprint density at radius 1 is 0.485 bits per heavy atom. The van der Waals surface area contributed by atoms with E-state index in [2.05, 4.69) is 31.3 Å². The second-order valence-electron chi connectivity index (χ2n) is 21.7. The molecule has 0 aromatic heterocycles. The molecule has 0 spiro atoms. The molecule has 0 radical (unpaired) electrons. The quantitative estimate of drug-likeness (QED) is 0.0243. The van der Waals surface area contributed by atoms with Crippen molar-refractivity contribution in [2.24, 2.45) is 0 Å². The SMILES string of the molecule is CCCCCCCCCCCCCC/C=C\CCCCCCCCCCCCCCCCCCC(=O)NC(COP(=O)(O)OCC[N+](C)(C)C)C(O)/C=C/CCCCCCCCCCCCCC. The summed E-state index contributed by atoms with van der Waals surface area (Å²) < 4.78 is 23.7.